The first kappa shape index (κ1) is 15.0. The van der Waals surface area contributed by atoms with Crippen LogP contribution in [0.4, 0.5) is 5.69 Å². The van der Waals surface area contributed by atoms with Crippen LogP contribution in [-0.2, 0) is 16.0 Å². The summed E-state index contributed by atoms with van der Waals surface area (Å²) in [6, 6.07) is 3.99. The molecule has 1 aliphatic heterocycles. The van der Waals surface area contributed by atoms with Crippen molar-refractivity contribution in [3.05, 3.63) is 29.3 Å². The summed E-state index contributed by atoms with van der Waals surface area (Å²) in [6.07, 6.45) is 2.25. The second-order valence-corrected chi connectivity index (χ2v) is 5.10. The summed E-state index contributed by atoms with van der Waals surface area (Å²) >= 11 is 0. The van der Waals surface area contributed by atoms with Gasteiger partial charge in [0.25, 0.3) is 5.91 Å². The van der Waals surface area contributed by atoms with Gasteiger partial charge in [-0.3, -0.25) is 9.59 Å². The van der Waals surface area contributed by atoms with Gasteiger partial charge in [0.1, 0.15) is 6.04 Å². The van der Waals surface area contributed by atoms with Crippen LogP contribution in [0.25, 0.3) is 0 Å². The summed E-state index contributed by atoms with van der Waals surface area (Å²) in [5.74, 6) is -1.57. The van der Waals surface area contributed by atoms with Crippen molar-refractivity contribution < 1.29 is 19.5 Å². The van der Waals surface area contributed by atoms with Crippen LogP contribution in [0.1, 0.15) is 42.1 Å². The van der Waals surface area contributed by atoms with E-state index in [0.29, 0.717) is 17.7 Å². The summed E-state index contributed by atoms with van der Waals surface area (Å²) < 4.78 is 0. The predicted molar refractivity (Wildman–Crippen MR) is 77.2 cm³/mol. The summed E-state index contributed by atoms with van der Waals surface area (Å²) in [4.78, 5) is 34.5. The van der Waals surface area contributed by atoms with E-state index in [1.807, 2.05) is 6.92 Å². The average molecular weight is 290 g/mol. The van der Waals surface area contributed by atoms with E-state index in [9.17, 15) is 14.4 Å². The van der Waals surface area contributed by atoms with Crippen molar-refractivity contribution in [1.82, 2.24) is 5.32 Å². The number of amides is 2. The summed E-state index contributed by atoms with van der Waals surface area (Å²) in [5, 5.41) is 14.3. The van der Waals surface area contributed by atoms with Crippen LogP contribution in [0.5, 0.6) is 0 Å². The Bertz CT molecular complexity index is 583. The monoisotopic (exact) mass is 290 g/mol. The first-order chi connectivity index (χ1) is 10.0. The van der Waals surface area contributed by atoms with E-state index in [4.69, 9.17) is 5.11 Å². The third kappa shape index (κ3) is 3.59. The van der Waals surface area contributed by atoms with Gasteiger partial charge in [0.15, 0.2) is 0 Å². The SMILES string of the molecule is CCCC[C@H](NC(=O)c1ccc2c(c1)CC(=O)N2)C(=O)O. The van der Waals surface area contributed by atoms with Crippen LogP contribution < -0.4 is 10.6 Å². The molecule has 1 aromatic carbocycles. The number of nitrogens with one attached hydrogen (secondary N) is 2. The molecule has 0 radical (unpaired) electrons. The largest absolute Gasteiger partial charge is 0.480 e. The molecule has 0 bridgehead atoms. The second-order valence-electron chi connectivity index (χ2n) is 5.10. The predicted octanol–water partition coefficient (Wildman–Crippen LogP) is 1.55. The highest BCUT2D eigenvalue weighted by Gasteiger charge is 2.22. The molecule has 6 heteroatoms. The highest BCUT2D eigenvalue weighted by atomic mass is 16.4. The minimum absolute atomic E-state index is 0.103. The van der Waals surface area contributed by atoms with Crippen LogP contribution in [-0.4, -0.2) is 28.9 Å². The molecular formula is C15H18N2O4. The standard InChI is InChI=1S/C15H18N2O4/c1-2-3-4-12(15(20)21)17-14(19)9-5-6-11-10(7-9)8-13(18)16-11/h5-7,12H,2-4,8H2,1H3,(H,16,18)(H,17,19)(H,20,21)/t12-/m0/s1. The van der Waals surface area contributed by atoms with Gasteiger partial charge in [-0.2, -0.15) is 0 Å². The lowest BCUT2D eigenvalue weighted by Gasteiger charge is -2.14. The van der Waals surface area contributed by atoms with Crippen molar-refractivity contribution >= 4 is 23.5 Å². The third-order valence-corrected chi connectivity index (χ3v) is 3.44. The molecule has 3 N–H and O–H groups in total. The minimum Gasteiger partial charge on any atom is -0.480 e. The number of carboxylic acid groups (broad SMARTS) is 1. The van der Waals surface area contributed by atoms with Crippen LogP contribution in [0.2, 0.25) is 0 Å². The zero-order chi connectivity index (χ0) is 15.4. The third-order valence-electron chi connectivity index (χ3n) is 3.44. The van der Waals surface area contributed by atoms with E-state index in [-0.39, 0.29) is 12.3 Å². The van der Waals surface area contributed by atoms with E-state index in [0.717, 1.165) is 18.4 Å². The van der Waals surface area contributed by atoms with E-state index in [2.05, 4.69) is 10.6 Å². The maximum Gasteiger partial charge on any atom is 0.326 e. The normalized spacial score (nSPS) is 14.2. The van der Waals surface area contributed by atoms with Gasteiger partial charge in [-0.05, 0) is 30.2 Å². The number of fused-ring (bicyclic) bond motifs is 1. The first-order valence-electron chi connectivity index (χ1n) is 6.97. The van der Waals surface area contributed by atoms with Gasteiger partial charge in [0.2, 0.25) is 5.91 Å². The fourth-order valence-corrected chi connectivity index (χ4v) is 2.28. The molecule has 1 atom stereocenters. The molecule has 1 aromatic rings. The molecule has 2 rings (SSSR count). The lowest BCUT2D eigenvalue weighted by atomic mass is 10.1. The molecule has 0 saturated carbocycles. The molecule has 21 heavy (non-hydrogen) atoms. The quantitative estimate of drug-likeness (QED) is 0.740. The molecule has 0 aliphatic carbocycles. The highest BCUT2D eigenvalue weighted by molar-refractivity contribution is 6.02. The van der Waals surface area contributed by atoms with Crippen LogP contribution in [0, 0.1) is 0 Å². The number of carboxylic acids is 1. The Morgan fingerprint density at radius 1 is 1.43 bits per heavy atom. The van der Waals surface area contributed by atoms with E-state index in [1.165, 1.54) is 0 Å². The topological polar surface area (TPSA) is 95.5 Å². The smallest absolute Gasteiger partial charge is 0.326 e. The van der Waals surface area contributed by atoms with Crippen molar-refractivity contribution in [3.8, 4) is 0 Å². The van der Waals surface area contributed by atoms with Gasteiger partial charge in [0, 0.05) is 11.3 Å². The van der Waals surface area contributed by atoms with E-state index < -0.39 is 17.9 Å². The number of rotatable bonds is 6. The minimum atomic E-state index is -1.03. The van der Waals surface area contributed by atoms with Crippen molar-refractivity contribution in [1.29, 1.82) is 0 Å². The van der Waals surface area contributed by atoms with Gasteiger partial charge in [0.05, 0.1) is 6.42 Å². The Balaban J connectivity index is 2.07. The second kappa shape index (κ2) is 6.39. The number of hydrogen-bond donors (Lipinski definition) is 3. The van der Waals surface area contributed by atoms with Crippen LogP contribution in [0.15, 0.2) is 18.2 Å². The van der Waals surface area contributed by atoms with Gasteiger partial charge >= 0.3 is 5.97 Å². The molecule has 0 unspecified atom stereocenters. The lowest BCUT2D eigenvalue weighted by molar-refractivity contribution is -0.139. The van der Waals surface area contributed by atoms with Gasteiger partial charge in [-0.15, -0.1) is 0 Å². The number of unbranched alkanes of at least 4 members (excludes halogenated alkanes) is 1. The molecule has 112 valence electrons. The lowest BCUT2D eigenvalue weighted by Crippen LogP contribution is -2.40. The van der Waals surface area contributed by atoms with Gasteiger partial charge in [-0.25, -0.2) is 4.79 Å². The average Bonchev–Trinajstić information content (AvgIpc) is 2.81. The van der Waals surface area contributed by atoms with Crippen molar-refractivity contribution in [2.45, 2.75) is 38.6 Å². The van der Waals surface area contributed by atoms with E-state index >= 15 is 0 Å². The summed E-state index contributed by atoms with van der Waals surface area (Å²) in [7, 11) is 0. The fraction of sp³-hybridized carbons (Fsp3) is 0.400. The molecule has 0 aromatic heterocycles. The first-order valence-corrected chi connectivity index (χ1v) is 6.97. The van der Waals surface area contributed by atoms with Gasteiger partial charge < -0.3 is 15.7 Å². The molecule has 6 nitrogen and oxygen atoms in total. The Hall–Kier alpha value is -2.37. The molecular weight excluding hydrogens is 272 g/mol. The fourth-order valence-electron chi connectivity index (χ4n) is 2.28. The Labute approximate surface area is 122 Å². The zero-order valence-corrected chi connectivity index (χ0v) is 11.8. The molecule has 0 spiro atoms. The van der Waals surface area contributed by atoms with E-state index in [1.54, 1.807) is 18.2 Å². The molecule has 0 saturated heterocycles. The molecule has 2 amide bonds. The Morgan fingerprint density at radius 3 is 2.86 bits per heavy atom. The van der Waals surface area contributed by atoms with Crippen LogP contribution >= 0.6 is 0 Å². The summed E-state index contributed by atoms with van der Waals surface area (Å²) in [5.41, 5.74) is 1.83. The molecule has 0 fully saturated rings. The molecule has 1 aliphatic rings. The van der Waals surface area contributed by atoms with Crippen molar-refractivity contribution in [2.24, 2.45) is 0 Å². The maximum atomic E-state index is 12.1. The highest BCUT2D eigenvalue weighted by Crippen LogP contribution is 2.23. The number of benzene rings is 1. The Kier molecular flexibility index (Phi) is 4.57. The Morgan fingerprint density at radius 2 is 2.19 bits per heavy atom. The van der Waals surface area contributed by atoms with Gasteiger partial charge in [-0.1, -0.05) is 19.8 Å². The van der Waals surface area contributed by atoms with Crippen LogP contribution in [0.3, 0.4) is 0 Å². The number of anilines is 1. The maximum absolute atomic E-state index is 12.1. The zero-order valence-electron chi connectivity index (χ0n) is 11.8. The van der Waals surface area contributed by atoms with Crippen molar-refractivity contribution in [3.63, 3.8) is 0 Å². The number of carbonyl (C=O) groups excluding carboxylic acids is 2. The number of carbonyl (C=O) groups is 3. The summed E-state index contributed by atoms with van der Waals surface area (Å²) in [6.45, 7) is 1.96. The molecule has 1 heterocycles. The number of aliphatic carboxylic acids is 1. The number of hydrogen-bond acceptors (Lipinski definition) is 3. The van der Waals surface area contributed by atoms with Crippen molar-refractivity contribution in [2.75, 3.05) is 5.32 Å².